The number of rotatable bonds is 4. The van der Waals surface area contributed by atoms with Crippen LogP contribution in [0.1, 0.15) is 51.9 Å². The Morgan fingerprint density at radius 3 is 2.43 bits per heavy atom. The van der Waals surface area contributed by atoms with Gasteiger partial charge >= 0.3 is 0 Å². The SMILES string of the molecule is CC(CC1CCCC1O)OC1CCC1. The largest absolute Gasteiger partial charge is 0.393 e. The van der Waals surface area contributed by atoms with E-state index in [1.807, 2.05) is 0 Å². The number of hydrogen-bond donors (Lipinski definition) is 1. The van der Waals surface area contributed by atoms with Gasteiger partial charge in [0.25, 0.3) is 0 Å². The molecule has 3 atom stereocenters. The smallest absolute Gasteiger partial charge is 0.0578 e. The summed E-state index contributed by atoms with van der Waals surface area (Å²) in [5.41, 5.74) is 0. The highest BCUT2D eigenvalue weighted by Gasteiger charge is 2.28. The van der Waals surface area contributed by atoms with Crippen molar-refractivity contribution in [2.24, 2.45) is 5.92 Å². The zero-order chi connectivity index (χ0) is 9.97. The Bertz CT molecular complexity index is 177. The lowest BCUT2D eigenvalue weighted by Crippen LogP contribution is -2.28. The minimum atomic E-state index is -0.0533. The van der Waals surface area contributed by atoms with Crippen molar-refractivity contribution >= 4 is 0 Å². The minimum Gasteiger partial charge on any atom is -0.393 e. The second kappa shape index (κ2) is 4.63. The zero-order valence-electron chi connectivity index (χ0n) is 9.11. The van der Waals surface area contributed by atoms with E-state index < -0.39 is 0 Å². The molecule has 0 spiro atoms. The topological polar surface area (TPSA) is 29.5 Å². The molecule has 0 aromatic heterocycles. The third-order valence-corrected chi connectivity index (χ3v) is 3.73. The molecule has 2 nitrogen and oxygen atoms in total. The van der Waals surface area contributed by atoms with Crippen LogP contribution in [0.4, 0.5) is 0 Å². The van der Waals surface area contributed by atoms with Gasteiger partial charge in [0.05, 0.1) is 18.3 Å². The van der Waals surface area contributed by atoms with E-state index in [4.69, 9.17) is 4.74 Å². The molecule has 0 aliphatic heterocycles. The fraction of sp³-hybridized carbons (Fsp3) is 1.00. The molecule has 0 saturated heterocycles. The molecule has 82 valence electrons. The summed E-state index contributed by atoms with van der Waals surface area (Å²) in [6.45, 7) is 2.16. The van der Waals surface area contributed by atoms with Crippen LogP contribution in [0.2, 0.25) is 0 Å². The molecule has 0 amide bonds. The van der Waals surface area contributed by atoms with Crippen LogP contribution in [-0.4, -0.2) is 23.4 Å². The van der Waals surface area contributed by atoms with Crippen LogP contribution in [0.5, 0.6) is 0 Å². The summed E-state index contributed by atoms with van der Waals surface area (Å²) >= 11 is 0. The van der Waals surface area contributed by atoms with Gasteiger partial charge in [-0.2, -0.15) is 0 Å². The molecule has 0 bridgehead atoms. The van der Waals surface area contributed by atoms with Gasteiger partial charge < -0.3 is 9.84 Å². The molecule has 2 rings (SSSR count). The lowest BCUT2D eigenvalue weighted by molar-refractivity contribution is -0.0571. The molecule has 2 aliphatic carbocycles. The van der Waals surface area contributed by atoms with Crippen molar-refractivity contribution in [2.75, 3.05) is 0 Å². The molecule has 14 heavy (non-hydrogen) atoms. The van der Waals surface area contributed by atoms with Crippen molar-refractivity contribution in [3.8, 4) is 0 Å². The van der Waals surface area contributed by atoms with Crippen LogP contribution in [0.3, 0.4) is 0 Å². The van der Waals surface area contributed by atoms with Crippen molar-refractivity contribution in [3.05, 3.63) is 0 Å². The van der Waals surface area contributed by atoms with Gasteiger partial charge in [-0.05, 0) is 51.4 Å². The number of ether oxygens (including phenoxy) is 1. The lowest BCUT2D eigenvalue weighted by atomic mass is 9.94. The van der Waals surface area contributed by atoms with Crippen molar-refractivity contribution in [1.82, 2.24) is 0 Å². The molecular weight excluding hydrogens is 176 g/mol. The van der Waals surface area contributed by atoms with Crippen LogP contribution in [0.15, 0.2) is 0 Å². The Labute approximate surface area is 86.6 Å². The summed E-state index contributed by atoms with van der Waals surface area (Å²) in [7, 11) is 0. The Morgan fingerprint density at radius 1 is 1.21 bits per heavy atom. The highest BCUT2D eigenvalue weighted by molar-refractivity contribution is 4.79. The predicted octanol–water partition coefficient (Wildman–Crippen LogP) is 2.50. The van der Waals surface area contributed by atoms with E-state index in [0.29, 0.717) is 18.1 Å². The normalized spacial score (nSPS) is 35.6. The van der Waals surface area contributed by atoms with Crippen LogP contribution in [0.25, 0.3) is 0 Å². The maximum absolute atomic E-state index is 9.69. The highest BCUT2D eigenvalue weighted by atomic mass is 16.5. The van der Waals surface area contributed by atoms with E-state index in [1.54, 1.807) is 0 Å². The molecule has 2 heteroatoms. The molecule has 0 radical (unpaired) electrons. The van der Waals surface area contributed by atoms with Gasteiger partial charge in [0, 0.05) is 0 Å². The quantitative estimate of drug-likeness (QED) is 0.752. The van der Waals surface area contributed by atoms with E-state index in [2.05, 4.69) is 6.92 Å². The van der Waals surface area contributed by atoms with Crippen LogP contribution < -0.4 is 0 Å². The highest BCUT2D eigenvalue weighted by Crippen LogP contribution is 2.31. The maximum Gasteiger partial charge on any atom is 0.0578 e. The minimum absolute atomic E-state index is 0.0533. The molecule has 3 unspecified atom stereocenters. The summed E-state index contributed by atoms with van der Waals surface area (Å²) in [5.74, 6) is 0.505. The van der Waals surface area contributed by atoms with Crippen molar-refractivity contribution in [3.63, 3.8) is 0 Å². The fourth-order valence-electron chi connectivity index (χ4n) is 2.61. The van der Waals surface area contributed by atoms with E-state index >= 15 is 0 Å². The van der Waals surface area contributed by atoms with Gasteiger partial charge in [-0.25, -0.2) is 0 Å². The molecule has 0 aromatic rings. The monoisotopic (exact) mass is 198 g/mol. The summed E-state index contributed by atoms with van der Waals surface area (Å²) < 4.78 is 5.89. The van der Waals surface area contributed by atoms with E-state index in [-0.39, 0.29) is 6.10 Å². The average Bonchev–Trinajstić information content (AvgIpc) is 2.45. The molecule has 2 fully saturated rings. The van der Waals surface area contributed by atoms with Gasteiger partial charge in [0.1, 0.15) is 0 Å². The second-order valence-corrected chi connectivity index (χ2v) is 4.99. The van der Waals surface area contributed by atoms with Crippen LogP contribution >= 0.6 is 0 Å². The molecule has 2 aliphatic rings. The first kappa shape index (κ1) is 10.4. The van der Waals surface area contributed by atoms with Crippen molar-refractivity contribution < 1.29 is 9.84 Å². The summed E-state index contributed by atoms with van der Waals surface area (Å²) in [6, 6.07) is 0. The average molecular weight is 198 g/mol. The number of aliphatic hydroxyl groups is 1. The third kappa shape index (κ3) is 2.48. The van der Waals surface area contributed by atoms with Crippen LogP contribution in [0, 0.1) is 5.92 Å². The number of hydrogen-bond acceptors (Lipinski definition) is 2. The van der Waals surface area contributed by atoms with Gasteiger partial charge in [0.15, 0.2) is 0 Å². The first-order valence-corrected chi connectivity index (χ1v) is 6.09. The summed E-state index contributed by atoms with van der Waals surface area (Å²) in [5, 5.41) is 9.69. The molecule has 1 N–H and O–H groups in total. The fourth-order valence-corrected chi connectivity index (χ4v) is 2.61. The Morgan fingerprint density at radius 2 is 1.93 bits per heavy atom. The first-order valence-electron chi connectivity index (χ1n) is 6.09. The Balaban J connectivity index is 1.67. The maximum atomic E-state index is 9.69. The van der Waals surface area contributed by atoms with Crippen LogP contribution in [-0.2, 0) is 4.74 Å². The Hall–Kier alpha value is -0.0800. The Kier molecular flexibility index (Phi) is 3.45. The van der Waals surface area contributed by atoms with Crippen molar-refractivity contribution in [1.29, 1.82) is 0 Å². The first-order chi connectivity index (χ1) is 6.75. The molecular formula is C12H22O2. The molecule has 0 heterocycles. The molecule has 0 aromatic carbocycles. The van der Waals surface area contributed by atoms with Crippen molar-refractivity contribution in [2.45, 2.75) is 70.2 Å². The van der Waals surface area contributed by atoms with E-state index in [1.165, 1.54) is 32.1 Å². The van der Waals surface area contributed by atoms with E-state index in [9.17, 15) is 5.11 Å². The van der Waals surface area contributed by atoms with Gasteiger partial charge in [-0.3, -0.25) is 0 Å². The van der Waals surface area contributed by atoms with Gasteiger partial charge in [-0.1, -0.05) is 6.42 Å². The predicted molar refractivity (Wildman–Crippen MR) is 56.2 cm³/mol. The summed E-state index contributed by atoms with van der Waals surface area (Å²) in [6.07, 6.45) is 9.10. The zero-order valence-corrected chi connectivity index (χ0v) is 9.11. The number of aliphatic hydroxyl groups excluding tert-OH is 1. The van der Waals surface area contributed by atoms with E-state index in [0.717, 1.165) is 12.8 Å². The summed E-state index contributed by atoms with van der Waals surface area (Å²) in [4.78, 5) is 0. The molecule has 2 saturated carbocycles. The third-order valence-electron chi connectivity index (χ3n) is 3.73. The van der Waals surface area contributed by atoms with Gasteiger partial charge in [-0.15, -0.1) is 0 Å². The van der Waals surface area contributed by atoms with Gasteiger partial charge in [0.2, 0.25) is 0 Å². The lowest BCUT2D eigenvalue weighted by Gasteiger charge is -2.30. The standard InChI is InChI=1S/C12H22O2/c1-9(14-11-5-3-6-11)8-10-4-2-7-12(10)13/h9-13H,2-8H2,1H3. The second-order valence-electron chi connectivity index (χ2n) is 4.99.